The summed E-state index contributed by atoms with van der Waals surface area (Å²) >= 11 is 5.86. The number of hydrogen-bond donors (Lipinski definition) is 1. The van der Waals surface area contributed by atoms with Crippen molar-refractivity contribution >= 4 is 23.4 Å². The summed E-state index contributed by atoms with van der Waals surface area (Å²) in [7, 11) is 1.58. The molecule has 2 amide bonds. The van der Waals surface area contributed by atoms with Gasteiger partial charge in [-0.15, -0.1) is 0 Å². The van der Waals surface area contributed by atoms with Gasteiger partial charge >= 0.3 is 0 Å². The topological polar surface area (TPSA) is 67.9 Å². The Labute approximate surface area is 175 Å². The monoisotopic (exact) mass is 416 g/mol. The minimum atomic E-state index is -0.618. The first kappa shape index (κ1) is 21.0. The van der Waals surface area contributed by atoms with E-state index in [1.807, 2.05) is 11.0 Å². The molecular weight excluding hydrogens is 392 g/mol. The molecule has 7 heteroatoms. The van der Waals surface area contributed by atoms with Crippen LogP contribution in [0.25, 0.3) is 0 Å². The predicted molar refractivity (Wildman–Crippen MR) is 112 cm³/mol. The number of benzene rings is 2. The average molecular weight is 417 g/mol. The third-order valence-corrected chi connectivity index (χ3v) is 5.19. The first-order valence-corrected chi connectivity index (χ1v) is 10.00. The van der Waals surface area contributed by atoms with Crippen LogP contribution < -0.4 is 14.8 Å². The lowest BCUT2D eigenvalue weighted by Crippen LogP contribution is -2.49. The van der Waals surface area contributed by atoms with E-state index >= 15 is 0 Å². The molecule has 6 nitrogen and oxygen atoms in total. The van der Waals surface area contributed by atoms with Crippen molar-refractivity contribution in [3.63, 3.8) is 0 Å². The van der Waals surface area contributed by atoms with Gasteiger partial charge < -0.3 is 19.7 Å². The molecule has 0 aromatic heterocycles. The molecule has 1 aliphatic heterocycles. The zero-order valence-electron chi connectivity index (χ0n) is 16.6. The van der Waals surface area contributed by atoms with Gasteiger partial charge in [0.2, 0.25) is 0 Å². The van der Waals surface area contributed by atoms with Crippen LogP contribution in [-0.4, -0.2) is 49.1 Å². The van der Waals surface area contributed by atoms with E-state index in [0.717, 1.165) is 0 Å². The number of likely N-dealkylation sites (tertiary alicyclic amines) is 1. The van der Waals surface area contributed by atoms with Crippen molar-refractivity contribution in [3.8, 4) is 11.5 Å². The average Bonchev–Trinajstić information content (AvgIpc) is 2.75. The van der Waals surface area contributed by atoms with Gasteiger partial charge in [-0.25, -0.2) is 0 Å². The smallest absolute Gasteiger partial charge is 0.260 e. The molecule has 0 bridgehead atoms. The first-order valence-electron chi connectivity index (χ1n) is 9.62. The summed E-state index contributed by atoms with van der Waals surface area (Å²) in [5.41, 5.74) is 0.608. The number of methoxy groups -OCH3 is 1. The molecule has 2 aromatic carbocycles. The molecule has 0 aliphatic carbocycles. The van der Waals surface area contributed by atoms with Crippen molar-refractivity contribution in [1.82, 2.24) is 10.2 Å². The number of amides is 2. The summed E-state index contributed by atoms with van der Waals surface area (Å²) in [4.78, 5) is 26.9. The van der Waals surface area contributed by atoms with Crippen molar-refractivity contribution in [2.24, 2.45) is 0 Å². The number of rotatable bonds is 6. The maximum Gasteiger partial charge on any atom is 0.260 e. The van der Waals surface area contributed by atoms with Gasteiger partial charge in [-0.1, -0.05) is 17.7 Å². The summed E-state index contributed by atoms with van der Waals surface area (Å²) in [6.45, 7) is 2.90. The molecule has 1 saturated heterocycles. The highest BCUT2D eigenvalue weighted by molar-refractivity contribution is 6.30. The molecule has 0 spiro atoms. The zero-order chi connectivity index (χ0) is 20.8. The van der Waals surface area contributed by atoms with Crippen molar-refractivity contribution in [2.45, 2.75) is 31.9 Å². The minimum Gasteiger partial charge on any atom is -0.497 e. The Kier molecular flexibility index (Phi) is 6.99. The lowest BCUT2D eigenvalue weighted by atomic mass is 10.0. The van der Waals surface area contributed by atoms with Gasteiger partial charge in [0.05, 0.1) is 7.11 Å². The maximum atomic E-state index is 12.7. The van der Waals surface area contributed by atoms with Gasteiger partial charge in [0.1, 0.15) is 11.5 Å². The van der Waals surface area contributed by atoms with Crippen molar-refractivity contribution in [3.05, 3.63) is 59.1 Å². The molecule has 3 rings (SSSR count). The molecule has 154 valence electrons. The Morgan fingerprint density at radius 2 is 1.79 bits per heavy atom. The van der Waals surface area contributed by atoms with Crippen molar-refractivity contribution in [1.29, 1.82) is 0 Å². The number of halogens is 1. The van der Waals surface area contributed by atoms with Gasteiger partial charge in [-0.2, -0.15) is 0 Å². The fourth-order valence-electron chi connectivity index (χ4n) is 3.25. The van der Waals surface area contributed by atoms with E-state index < -0.39 is 6.10 Å². The summed E-state index contributed by atoms with van der Waals surface area (Å²) < 4.78 is 10.9. The van der Waals surface area contributed by atoms with Crippen LogP contribution in [0.15, 0.2) is 48.5 Å². The molecule has 1 unspecified atom stereocenters. The second-order valence-electron chi connectivity index (χ2n) is 7.02. The van der Waals surface area contributed by atoms with Crippen LogP contribution in [0, 0.1) is 0 Å². The maximum absolute atomic E-state index is 12.7. The van der Waals surface area contributed by atoms with E-state index in [9.17, 15) is 9.59 Å². The van der Waals surface area contributed by atoms with E-state index in [4.69, 9.17) is 21.1 Å². The number of ether oxygens (including phenoxy) is 2. The molecule has 1 fully saturated rings. The molecular formula is C22H25ClN2O4. The number of nitrogens with one attached hydrogen (secondary N) is 1. The second-order valence-corrected chi connectivity index (χ2v) is 7.46. The van der Waals surface area contributed by atoms with Gasteiger partial charge in [0.15, 0.2) is 6.10 Å². The Balaban J connectivity index is 1.48. The van der Waals surface area contributed by atoms with E-state index in [1.165, 1.54) is 0 Å². The van der Waals surface area contributed by atoms with Crippen LogP contribution >= 0.6 is 11.6 Å². The lowest BCUT2D eigenvalue weighted by Gasteiger charge is -2.33. The van der Waals surface area contributed by atoms with Crippen LogP contribution in [0.2, 0.25) is 5.02 Å². The Morgan fingerprint density at radius 1 is 1.10 bits per heavy atom. The highest BCUT2D eigenvalue weighted by Crippen LogP contribution is 2.19. The fourth-order valence-corrected chi connectivity index (χ4v) is 3.38. The number of carbonyl (C=O) groups excluding carboxylic acids is 2. The van der Waals surface area contributed by atoms with Crippen LogP contribution in [0.5, 0.6) is 11.5 Å². The fraction of sp³-hybridized carbons (Fsp3) is 0.364. The van der Waals surface area contributed by atoms with E-state index in [2.05, 4.69) is 5.32 Å². The van der Waals surface area contributed by atoms with E-state index in [0.29, 0.717) is 48.0 Å². The standard InChI is InChI=1S/C22H25ClN2O4/c1-15(29-19-8-6-17(23)7-9-19)21(26)24-18-10-12-25(13-11-18)22(27)16-4-3-5-20(14-16)28-2/h3-9,14-15,18H,10-13H2,1-2H3,(H,24,26). The second kappa shape index (κ2) is 9.65. The van der Waals surface area contributed by atoms with Crippen molar-refractivity contribution < 1.29 is 19.1 Å². The minimum absolute atomic E-state index is 0.0203. The van der Waals surface area contributed by atoms with Crippen LogP contribution in [-0.2, 0) is 4.79 Å². The predicted octanol–water partition coefficient (Wildman–Crippen LogP) is 3.54. The highest BCUT2D eigenvalue weighted by atomic mass is 35.5. The molecule has 1 atom stereocenters. The third kappa shape index (κ3) is 5.64. The normalized spacial score (nSPS) is 15.5. The van der Waals surface area contributed by atoms with Crippen molar-refractivity contribution in [2.75, 3.05) is 20.2 Å². The molecule has 2 aromatic rings. The van der Waals surface area contributed by atoms with Crippen LogP contribution in [0.3, 0.4) is 0 Å². The highest BCUT2D eigenvalue weighted by Gasteiger charge is 2.26. The zero-order valence-corrected chi connectivity index (χ0v) is 17.3. The Bertz CT molecular complexity index is 848. The van der Waals surface area contributed by atoms with Crippen LogP contribution in [0.4, 0.5) is 0 Å². The number of nitrogens with zero attached hydrogens (tertiary/aromatic N) is 1. The Hall–Kier alpha value is -2.73. The van der Waals surface area contributed by atoms with Gasteiger partial charge in [0.25, 0.3) is 11.8 Å². The van der Waals surface area contributed by atoms with E-state index in [1.54, 1.807) is 56.5 Å². The lowest BCUT2D eigenvalue weighted by molar-refractivity contribution is -0.128. The van der Waals surface area contributed by atoms with Gasteiger partial charge in [0, 0.05) is 29.7 Å². The Morgan fingerprint density at radius 3 is 2.45 bits per heavy atom. The molecule has 1 aliphatic rings. The molecule has 0 saturated carbocycles. The summed E-state index contributed by atoms with van der Waals surface area (Å²) in [6, 6.07) is 14.1. The summed E-state index contributed by atoms with van der Waals surface area (Å²) in [6.07, 6.45) is 0.789. The van der Waals surface area contributed by atoms with Gasteiger partial charge in [-0.3, -0.25) is 9.59 Å². The number of carbonyl (C=O) groups is 2. The first-order chi connectivity index (χ1) is 14.0. The number of piperidine rings is 1. The van der Waals surface area contributed by atoms with E-state index in [-0.39, 0.29) is 17.9 Å². The largest absolute Gasteiger partial charge is 0.497 e. The summed E-state index contributed by atoms with van der Waals surface area (Å²) in [5.74, 6) is 1.06. The molecule has 1 heterocycles. The van der Waals surface area contributed by atoms with Gasteiger partial charge in [-0.05, 0) is 62.2 Å². The molecule has 29 heavy (non-hydrogen) atoms. The molecule has 0 radical (unpaired) electrons. The molecule has 1 N–H and O–H groups in total. The SMILES string of the molecule is COc1cccc(C(=O)N2CCC(NC(=O)C(C)Oc3ccc(Cl)cc3)CC2)c1. The summed E-state index contributed by atoms with van der Waals surface area (Å²) in [5, 5.41) is 3.64. The quantitative estimate of drug-likeness (QED) is 0.782. The third-order valence-electron chi connectivity index (χ3n) is 4.94. The van der Waals surface area contributed by atoms with Crippen LogP contribution in [0.1, 0.15) is 30.1 Å². The number of hydrogen-bond acceptors (Lipinski definition) is 4.